The van der Waals surface area contributed by atoms with Crippen molar-refractivity contribution in [3.8, 4) is 11.5 Å². The van der Waals surface area contributed by atoms with Gasteiger partial charge in [-0.05, 0) is 65.4 Å². The molecule has 2 N–H and O–H groups in total. The average molecular weight is 696 g/mol. The number of fused-ring (bicyclic) bond motifs is 6. The Hall–Kier alpha value is -5.47. The molecule has 2 aliphatic rings. The number of carbonyl (C=O) groups excluding carboxylic acids is 3. The number of halogens is 1. The van der Waals surface area contributed by atoms with Gasteiger partial charge in [-0.25, -0.2) is 14.4 Å². The standard InChI is InChI=1S/C36H34FN7O5S/c1-2-7-43-19-32(45)42-30-17-44(33-29-5-8-50-35(29)41-21-40-33)18-31(30)48-20-23-9-26(37)14-27(10-23)49-28-12-24(11-25(13-28)36(43)47)34(46)39-16-22-4-3-6-38-15-22/h3-6,8-15,21,30-31H,2,7,16-20H2,1H3,(H,39,46)(H,42,45)/t30-,31-/m1/s1. The Morgan fingerprint density at radius 1 is 1.10 bits per heavy atom. The average Bonchev–Trinajstić information content (AvgIpc) is 3.76. The van der Waals surface area contributed by atoms with Crippen molar-refractivity contribution in [2.75, 3.05) is 31.1 Å². The van der Waals surface area contributed by atoms with Crippen LogP contribution in [0.25, 0.3) is 10.2 Å². The topological polar surface area (TPSA) is 139 Å². The summed E-state index contributed by atoms with van der Waals surface area (Å²) in [6, 6.07) is 13.8. The van der Waals surface area contributed by atoms with E-state index >= 15 is 0 Å². The van der Waals surface area contributed by atoms with Crippen molar-refractivity contribution in [1.82, 2.24) is 30.5 Å². The highest BCUT2D eigenvalue weighted by atomic mass is 32.1. The number of ether oxygens (including phenoxy) is 2. The smallest absolute Gasteiger partial charge is 0.254 e. The van der Waals surface area contributed by atoms with E-state index in [9.17, 15) is 18.8 Å². The van der Waals surface area contributed by atoms with Crippen LogP contribution in [-0.4, -0.2) is 75.9 Å². The number of carbonyl (C=O) groups is 3. The first-order valence-electron chi connectivity index (χ1n) is 16.3. The minimum Gasteiger partial charge on any atom is -0.457 e. The molecule has 2 aliphatic heterocycles. The number of nitrogens with zero attached hydrogens (tertiary/aromatic N) is 5. The monoisotopic (exact) mass is 695 g/mol. The van der Waals surface area contributed by atoms with Gasteiger partial charge in [-0.3, -0.25) is 19.4 Å². The summed E-state index contributed by atoms with van der Waals surface area (Å²) in [5.74, 6) is -0.751. The molecule has 256 valence electrons. The van der Waals surface area contributed by atoms with Crippen molar-refractivity contribution in [1.29, 1.82) is 0 Å². The third-order valence-corrected chi connectivity index (χ3v) is 9.31. The Balaban J connectivity index is 1.21. The molecule has 5 heterocycles. The molecule has 50 heavy (non-hydrogen) atoms. The molecule has 0 spiro atoms. The Morgan fingerprint density at radius 3 is 2.82 bits per heavy atom. The van der Waals surface area contributed by atoms with Gasteiger partial charge in [-0.2, -0.15) is 0 Å². The number of amides is 3. The quantitative estimate of drug-likeness (QED) is 0.259. The molecule has 14 heteroatoms. The summed E-state index contributed by atoms with van der Waals surface area (Å²) in [6.07, 6.45) is 4.92. The van der Waals surface area contributed by atoms with Crippen LogP contribution in [-0.2, 0) is 22.7 Å². The zero-order valence-corrected chi connectivity index (χ0v) is 28.0. The number of nitrogens with one attached hydrogen (secondary N) is 2. The summed E-state index contributed by atoms with van der Waals surface area (Å²) in [5, 5.41) is 8.79. The predicted octanol–water partition coefficient (Wildman–Crippen LogP) is 4.70. The van der Waals surface area contributed by atoms with Crippen molar-refractivity contribution >= 4 is 45.1 Å². The zero-order chi connectivity index (χ0) is 34.6. The summed E-state index contributed by atoms with van der Waals surface area (Å²) in [7, 11) is 0. The molecule has 12 nitrogen and oxygen atoms in total. The predicted molar refractivity (Wildman–Crippen MR) is 185 cm³/mol. The van der Waals surface area contributed by atoms with E-state index in [4.69, 9.17) is 9.47 Å². The Morgan fingerprint density at radius 2 is 1.98 bits per heavy atom. The van der Waals surface area contributed by atoms with Crippen molar-refractivity contribution in [2.45, 2.75) is 38.6 Å². The molecular formula is C36H34FN7O5S. The van der Waals surface area contributed by atoms with Crippen LogP contribution < -0.4 is 20.3 Å². The molecule has 4 bridgehead atoms. The fourth-order valence-electron chi connectivity index (χ4n) is 6.22. The van der Waals surface area contributed by atoms with Crippen molar-refractivity contribution in [3.05, 3.63) is 107 Å². The van der Waals surface area contributed by atoms with Crippen LogP contribution in [0.15, 0.2) is 78.7 Å². The van der Waals surface area contributed by atoms with E-state index in [-0.39, 0.29) is 48.2 Å². The van der Waals surface area contributed by atoms with Crippen LogP contribution in [0, 0.1) is 5.82 Å². The van der Waals surface area contributed by atoms with Crippen LogP contribution in [0.4, 0.5) is 10.2 Å². The van der Waals surface area contributed by atoms with Crippen LogP contribution in [0.1, 0.15) is 45.2 Å². The van der Waals surface area contributed by atoms with Gasteiger partial charge in [0.05, 0.1) is 30.7 Å². The van der Waals surface area contributed by atoms with Gasteiger partial charge in [0.15, 0.2) is 0 Å². The normalized spacial score (nSPS) is 18.0. The molecule has 0 unspecified atom stereocenters. The van der Waals surface area contributed by atoms with E-state index in [0.29, 0.717) is 31.6 Å². The lowest BCUT2D eigenvalue weighted by Crippen LogP contribution is -2.49. The van der Waals surface area contributed by atoms with Gasteiger partial charge >= 0.3 is 0 Å². The largest absolute Gasteiger partial charge is 0.457 e. The van der Waals surface area contributed by atoms with E-state index in [1.807, 2.05) is 29.3 Å². The second-order valence-corrected chi connectivity index (χ2v) is 13.1. The van der Waals surface area contributed by atoms with E-state index < -0.39 is 29.8 Å². The third kappa shape index (κ3) is 7.40. The third-order valence-electron chi connectivity index (χ3n) is 8.49. The van der Waals surface area contributed by atoms with Crippen LogP contribution >= 0.6 is 11.3 Å². The molecule has 0 aliphatic carbocycles. The highest BCUT2D eigenvalue weighted by Crippen LogP contribution is 2.31. The molecular weight excluding hydrogens is 662 g/mol. The first kappa shape index (κ1) is 33.0. The van der Waals surface area contributed by atoms with Crippen LogP contribution in [0.5, 0.6) is 11.5 Å². The molecule has 1 saturated heterocycles. The number of hydrogen-bond donors (Lipinski definition) is 2. The fourth-order valence-corrected chi connectivity index (χ4v) is 6.94. The van der Waals surface area contributed by atoms with E-state index in [1.54, 1.807) is 24.5 Å². The first-order valence-corrected chi connectivity index (χ1v) is 17.1. The lowest BCUT2D eigenvalue weighted by Gasteiger charge is -2.25. The van der Waals surface area contributed by atoms with Gasteiger partial charge in [0.2, 0.25) is 5.91 Å². The highest BCUT2D eigenvalue weighted by Gasteiger charge is 2.37. The minimum atomic E-state index is -0.545. The van der Waals surface area contributed by atoms with Gasteiger partial charge in [-0.1, -0.05) is 13.0 Å². The highest BCUT2D eigenvalue weighted by molar-refractivity contribution is 7.16. The molecule has 1 fully saturated rings. The number of benzene rings is 2. The molecule has 7 rings (SSSR count). The second-order valence-electron chi connectivity index (χ2n) is 12.2. The Kier molecular flexibility index (Phi) is 9.63. The van der Waals surface area contributed by atoms with Gasteiger partial charge in [0.1, 0.15) is 34.3 Å². The number of pyridine rings is 1. The molecule has 0 saturated carbocycles. The molecule has 2 atom stereocenters. The first-order chi connectivity index (χ1) is 24.3. The maximum absolute atomic E-state index is 15.0. The Labute approximate surface area is 291 Å². The van der Waals surface area contributed by atoms with Crippen molar-refractivity contribution in [3.63, 3.8) is 0 Å². The summed E-state index contributed by atoms with van der Waals surface area (Å²) >= 11 is 1.52. The van der Waals surface area contributed by atoms with Gasteiger partial charge < -0.3 is 29.9 Å². The summed E-state index contributed by atoms with van der Waals surface area (Å²) < 4.78 is 27.4. The zero-order valence-electron chi connectivity index (χ0n) is 27.2. The van der Waals surface area contributed by atoms with E-state index in [1.165, 1.54) is 52.9 Å². The van der Waals surface area contributed by atoms with Crippen LogP contribution in [0.3, 0.4) is 0 Å². The van der Waals surface area contributed by atoms with E-state index in [2.05, 4.69) is 25.6 Å². The van der Waals surface area contributed by atoms with Crippen LogP contribution in [0.2, 0.25) is 0 Å². The molecule has 2 aromatic carbocycles. The maximum Gasteiger partial charge on any atom is 0.254 e. The van der Waals surface area contributed by atoms with Crippen molar-refractivity contribution < 1.29 is 28.2 Å². The molecule has 3 amide bonds. The number of hydrogen-bond acceptors (Lipinski definition) is 10. The summed E-state index contributed by atoms with van der Waals surface area (Å²) in [6.45, 7) is 3.06. The number of anilines is 1. The van der Waals surface area contributed by atoms with Gasteiger partial charge in [0.25, 0.3) is 11.8 Å². The van der Waals surface area contributed by atoms with E-state index in [0.717, 1.165) is 21.6 Å². The summed E-state index contributed by atoms with van der Waals surface area (Å²) in [4.78, 5) is 58.3. The number of thiophene rings is 1. The molecule has 3 aromatic heterocycles. The maximum atomic E-state index is 15.0. The number of aromatic nitrogens is 3. The minimum absolute atomic E-state index is 0.0408. The fraction of sp³-hybridized carbons (Fsp3) is 0.278. The number of rotatable bonds is 6. The van der Waals surface area contributed by atoms with Gasteiger partial charge in [-0.15, -0.1) is 11.3 Å². The lowest BCUT2D eigenvalue weighted by atomic mass is 10.1. The lowest BCUT2D eigenvalue weighted by molar-refractivity contribution is -0.123. The SMILES string of the molecule is CCCN1CC(=O)N[C@@H]2CN(c3ncnc4sccc34)C[C@H]2OCc2cc(F)cc(c2)Oc2cc(C(=O)NCc3cccnc3)cc(c2)C1=O. The summed E-state index contributed by atoms with van der Waals surface area (Å²) in [5.41, 5.74) is 1.62. The van der Waals surface area contributed by atoms with Crippen molar-refractivity contribution in [2.24, 2.45) is 0 Å². The second kappa shape index (κ2) is 14.6. The molecule has 0 radical (unpaired) electrons. The van der Waals surface area contributed by atoms with Gasteiger partial charge in [0, 0.05) is 55.8 Å². The Bertz CT molecular complexity index is 2040. The molecule has 5 aromatic rings.